The molecule has 0 aliphatic heterocycles. The van der Waals surface area contributed by atoms with Gasteiger partial charge in [-0.05, 0) is 56.2 Å². The number of anilines is 1. The van der Waals surface area contributed by atoms with Crippen LogP contribution < -0.4 is 11.1 Å². The summed E-state index contributed by atoms with van der Waals surface area (Å²) in [6.45, 7) is 5.47. The van der Waals surface area contributed by atoms with Crippen molar-refractivity contribution in [2.24, 2.45) is 5.73 Å². The Balaban J connectivity index is 1.97. The molecule has 2 amide bonds. The number of carbonyl (C=O) groups is 3. The van der Waals surface area contributed by atoms with E-state index in [1.54, 1.807) is 18.2 Å². The van der Waals surface area contributed by atoms with E-state index in [1.807, 2.05) is 13.8 Å². The minimum Gasteiger partial charge on any atom is -0.448 e. The molecular weight excluding hydrogens is 340 g/mol. The van der Waals surface area contributed by atoms with Crippen molar-refractivity contribution in [3.8, 4) is 0 Å². The standard InChI is InChI=1S/C18H20N2O4S/c1-4-14-10(2)9-15(25-14)18(23)24-11(3)17(22)20-13-7-5-12(6-8-13)16(19)21/h5-9,11H,4H2,1-3H3,(H2,19,21)(H,20,22)/t11-/m1/s1. The third kappa shape index (κ3) is 4.67. The van der Waals surface area contributed by atoms with Gasteiger partial charge in [-0.2, -0.15) is 0 Å². The number of amides is 2. The molecule has 25 heavy (non-hydrogen) atoms. The second-order valence-corrected chi connectivity index (χ2v) is 6.69. The average Bonchev–Trinajstić information content (AvgIpc) is 2.96. The van der Waals surface area contributed by atoms with Crippen molar-refractivity contribution in [1.29, 1.82) is 0 Å². The van der Waals surface area contributed by atoms with Gasteiger partial charge in [-0.3, -0.25) is 9.59 Å². The minimum absolute atomic E-state index is 0.345. The van der Waals surface area contributed by atoms with Crippen molar-refractivity contribution in [3.05, 3.63) is 51.2 Å². The Labute approximate surface area is 150 Å². The highest BCUT2D eigenvalue weighted by Gasteiger charge is 2.21. The van der Waals surface area contributed by atoms with Gasteiger partial charge in [0.05, 0.1) is 0 Å². The Morgan fingerprint density at radius 1 is 1.24 bits per heavy atom. The first-order chi connectivity index (χ1) is 11.8. The van der Waals surface area contributed by atoms with Gasteiger partial charge in [-0.25, -0.2) is 4.79 Å². The molecule has 0 bridgehead atoms. The zero-order chi connectivity index (χ0) is 18.6. The van der Waals surface area contributed by atoms with Crippen LogP contribution in [0.4, 0.5) is 5.69 Å². The number of aryl methyl sites for hydroxylation is 2. The number of hydrogen-bond donors (Lipinski definition) is 2. The SMILES string of the molecule is CCc1sc(C(=O)O[C@H](C)C(=O)Nc2ccc(C(N)=O)cc2)cc1C. The summed E-state index contributed by atoms with van der Waals surface area (Å²) in [5.41, 5.74) is 7.04. The molecule has 6 nitrogen and oxygen atoms in total. The first-order valence-electron chi connectivity index (χ1n) is 7.82. The molecule has 0 radical (unpaired) electrons. The monoisotopic (exact) mass is 360 g/mol. The van der Waals surface area contributed by atoms with Crippen LogP contribution in [0.15, 0.2) is 30.3 Å². The number of nitrogens with two attached hydrogens (primary N) is 1. The molecule has 0 spiro atoms. The van der Waals surface area contributed by atoms with Gasteiger partial charge in [0.2, 0.25) is 5.91 Å². The molecule has 0 aliphatic rings. The van der Waals surface area contributed by atoms with Gasteiger partial charge in [0.1, 0.15) is 4.88 Å². The van der Waals surface area contributed by atoms with E-state index >= 15 is 0 Å². The maximum atomic E-state index is 12.2. The summed E-state index contributed by atoms with van der Waals surface area (Å²) in [6, 6.07) is 7.91. The van der Waals surface area contributed by atoms with Gasteiger partial charge >= 0.3 is 5.97 Å². The van der Waals surface area contributed by atoms with E-state index in [0.29, 0.717) is 16.1 Å². The lowest BCUT2D eigenvalue weighted by Crippen LogP contribution is -2.29. The molecule has 0 saturated heterocycles. The topological polar surface area (TPSA) is 98.5 Å². The van der Waals surface area contributed by atoms with Crippen LogP contribution in [-0.4, -0.2) is 23.9 Å². The number of rotatable bonds is 6. The summed E-state index contributed by atoms with van der Waals surface area (Å²) < 4.78 is 5.23. The van der Waals surface area contributed by atoms with E-state index in [4.69, 9.17) is 10.5 Å². The maximum absolute atomic E-state index is 12.2. The van der Waals surface area contributed by atoms with Crippen molar-refractivity contribution in [2.75, 3.05) is 5.32 Å². The van der Waals surface area contributed by atoms with Gasteiger partial charge in [-0.1, -0.05) is 6.92 Å². The molecule has 2 rings (SSSR count). The van der Waals surface area contributed by atoms with Crippen molar-refractivity contribution < 1.29 is 19.1 Å². The highest BCUT2D eigenvalue weighted by atomic mass is 32.1. The molecule has 7 heteroatoms. The van der Waals surface area contributed by atoms with Crippen LogP contribution in [-0.2, 0) is 16.0 Å². The molecule has 0 unspecified atom stereocenters. The summed E-state index contributed by atoms with van der Waals surface area (Å²) >= 11 is 1.38. The number of hydrogen-bond acceptors (Lipinski definition) is 5. The number of primary amides is 1. The minimum atomic E-state index is -0.948. The molecule has 0 aliphatic carbocycles. The molecule has 2 aromatic rings. The number of thiophene rings is 1. The first-order valence-corrected chi connectivity index (χ1v) is 8.64. The summed E-state index contributed by atoms with van der Waals surface area (Å²) in [5.74, 6) is -1.51. The Hall–Kier alpha value is -2.67. The second-order valence-electron chi connectivity index (χ2n) is 5.55. The molecule has 1 atom stereocenters. The van der Waals surface area contributed by atoms with Gasteiger partial charge in [0.15, 0.2) is 6.10 Å². The van der Waals surface area contributed by atoms with Crippen LogP contribution in [0.5, 0.6) is 0 Å². The zero-order valence-electron chi connectivity index (χ0n) is 14.3. The van der Waals surface area contributed by atoms with Crippen LogP contribution in [0.25, 0.3) is 0 Å². The van der Waals surface area contributed by atoms with Crippen molar-refractivity contribution >= 4 is 34.8 Å². The number of nitrogens with one attached hydrogen (secondary N) is 1. The number of ether oxygens (including phenoxy) is 1. The molecule has 132 valence electrons. The highest BCUT2D eigenvalue weighted by molar-refractivity contribution is 7.14. The number of benzene rings is 1. The van der Waals surface area contributed by atoms with Gasteiger partial charge < -0.3 is 15.8 Å². The summed E-state index contributed by atoms with van der Waals surface area (Å²) in [7, 11) is 0. The fourth-order valence-corrected chi connectivity index (χ4v) is 3.20. The predicted octanol–water partition coefficient (Wildman–Crippen LogP) is 2.90. The number of esters is 1. The second kappa shape index (κ2) is 7.94. The Morgan fingerprint density at radius 3 is 2.40 bits per heavy atom. The lowest BCUT2D eigenvalue weighted by molar-refractivity contribution is -0.123. The fraction of sp³-hybridized carbons (Fsp3) is 0.278. The van der Waals surface area contributed by atoms with Crippen LogP contribution >= 0.6 is 11.3 Å². The lowest BCUT2D eigenvalue weighted by atomic mass is 10.2. The van der Waals surface area contributed by atoms with E-state index in [9.17, 15) is 14.4 Å². The molecule has 1 aromatic heterocycles. The molecule has 3 N–H and O–H groups in total. The zero-order valence-corrected chi connectivity index (χ0v) is 15.1. The summed E-state index contributed by atoms with van der Waals surface area (Å²) in [6.07, 6.45) is -0.100. The Morgan fingerprint density at radius 2 is 1.88 bits per heavy atom. The molecule has 0 fully saturated rings. The van der Waals surface area contributed by atoms with Gasteiger partial charge in [-0.15, -0.1) is 11.3 Å². The van der Waals surface area contributed by atoms with E-state index in [2.05, 4.69) is 5.32 Å². The lowest BCUT2D eigenvalue weighted by Gasteiger charge is -2.13. The molecular formula is C18H20N2O4S. The normalized spacial score (nSPS) is 11.6. The van der Waals surface area contributed by atoms with Crippen LogP contribution in [0, 0.1) is 6.92 Å². The van der Waals surface area contributed by atoms with E-state index in [0.717, 1.165) is 16.9 Å². The van der Waals surface area contributed by atoms with Crippen LogP contribution in [0.3, 0.4) is 0 Å². The molecule has 1 heterocycles. The van der Waals surface area contributed by atoms with Crippen LogP contribution in [0.2, 0.25) is 0 Å². The number of carbonyl (C=O) groups excluding carboxylic acids is 3. The smallest absolute Gasteiger partial charge is 0.349 e. The van der Waals surface area contributed by atoms with Crippen molar-refractivity contribution in [3.63, 3.8) is 0 Å². The fourth-order valence-electron chi connectivity index (χ4n) is 2.21. The largest absolute Gasteiger partial charge is 0.448 e. The van der Waals surface area contributed by atoms with E-state index < -0.39 is 23.9 Å². The van der Waals surface area contributed by atoms with Gasteiger partial charge in [0, 0.05) is 16.1 Å². The van der Waals surface area contributed by atoms with Crippen molar-refractivity contribution in [2.45, 2.75) is 33.3 Å². The van der Waals surface area contributed by atoms with Crippen molar-refractivity contribution in [1.82, 2.24) is 0 Å². The predicted molar refractivity (Wildman–Crippen MR) is 96.9 cm³/mol. The summed E-state index contributed by atoms with van der Waals surface area (Å²) in [5, 5.41) is 2.63. The molecule has 1 aromatic carbocycles. The first kappa shape index (κ1) is 18.7. The van der Waals surface area contributed by atoms with Crippen LogP contribution in [0.1, 0.15) is 44.3 Å². The molecule has 0 saturated carbocycles. The third-order valence-corrected chi connectivity index (χ3v) is 4.99. The van der Waals surface area contributed by atoms with E-state index in [1.165, 1.54) is 30.4 Å². The third-order valence-electron chi connectivity index (χ3n) is 3.63. The average molecular weight is 360 g/mol. The quantitative estimate of drug-likeness (QED) is 0.774. The maximum Gasteiger partial charge on any atom is 0.349 e. The highest BCUT2D eigenvalue weighted by Crippen LogP contribution is 2.23. The van der Waals surface area contributed by atoms with Gasteiger partial charge in [0.25, 0.3) is 5.91 Å². The Bertz CT molecular complexity index is 796. The summed E-state index contributed by atoms with van der Waals surface area (Å²) in [4.78, 5) is 37.0. The Kier molecular flexibility index (Phi) is 5.93. The van der Waals surface area contributed by atoms with E-state index in [-0.39, 0.29) is 0 Å².